The number of benzene rings is 2. The fourth-order valence-corrected chi connectivity index (χ4v) is 3.86. The third-order valence-electron chi connectivity index (χ3n) is 6.30. The van der Waals surface area contributed by atoms with Crippen LogP contribution in [0, 0.1) is 5.92 Å². The van der Waals surface area contributed by atoms with Crippen molar-refractivity contribution in [1.29, 1.82) is 0 Å². The van der Waals surface area contributed by atoms with Crippen LogP contribution in [0.3, 0.4) is 0 Å². The van der Waals surface area contributed by atoms with Gasteiger partial charge in [0, 0.05) is 23.2 Å². The van der Waals surface area contributed by atoms with E-state index in [1.54, 1.807) is 18.3 Å². The molecule has 0 bridgehead atoms. The second-order valence-electron chi connectivity index (χ2n) is 8.95. The normalized spacial score (nSPS) is 12.6. The topological polar surface area (TPSA) is 114 Å². The van der Waals surface area contributed by atoms with Crippen molar-refractivity contribution in [1.82, 2.24) is 10.3 Å². The Kier molecular flexibility index (Phi) is 8.40. The Bertz CT molecular complexity index is 1300. The lowest BCUT2D eigenvalue weighted by Crippen LogP contribution is -2.33. The van der Waals surface area contributed by atoms with Crippen molar-refractivity contribution in [2.45, 2.75) is 32.7 Å². The van der Waals surface area contributed by atoms with Crippen molar-refractivity contribution >= 4 is 28.5 Å². The minimum Gasteiger partial charge on any atom is -0.490 e. The Balaban J connectivity index is 1.35. The molecule has 4 aromatic rings. The van der Waals surface area contributed by atoms with Gasteiger partial charge in [-0.3, -0.25) is 9.59 Å². The molecule has 0 saturated carbocycles. The van der Waals surface area contributed by atoms with E-state index in [1.807, 2.05) is 54.6 Å². The predicted molar refractivity (Wildman–Crippen MR) is 143 cm³/mol. The van der Waals surface area contributed by atoms with Gasteiger partial charge in [-0.25, -0.2) is 4.98 Å². The number of pyridine rings is 1. The number of furan rings is 1. The number of fused-ring (bicyclic) bond motifs is 1. The first kappa shape index (κ1) is 25.8. The maximum absolute atomic E-state index is 12.2. The van der Waals surface area contributed by atoms with Crippen molar-refractivity contribution in [3.8, 4) is 17.2 Å². The number of nitrogens with one attached hydrogen (secondary N) is 2. The molecule has 2 atom stereocenters. The van der Waals surface area contributed by atoms with E-state index in [9.17, 15) is 9.59 Å². The van der Waals surface area contributed by atoms with Gasteiger partial charge in [0.25, 0.3) is 5.91 Å². The number of ether oxygens (including phenoxy) is 1. The Morgan fingerprint density at radius 3 is 2.54 bits per heavy atom. The van der Waals surface area contributed by atoms with Gasteiger partial charge in [0.2, 0.25) is 0 Å². The highest BCUT2D eigenvalue weighted by Gasteiger charge is 2.18. The molecule has 0 aliphatic heterocycles. The molecule has 0 aliphatic rings. The smallest absolute Gasteiger partial charge is 0.305 e. The lowest BCUT2D eigenvalue weighted by atomic mass is 9.99. The SMILES string of the molecule is CC[C@H](C)[C@@H](COc1ccc(-c2cc3ccccc3o2)nc1)Nc1ccc(C(=O)NCCC(=O)O)cc1. The van der Waals surface area contributed by atoms with E-state index in [0.29, 0.717) is 29.6 Å². The second kappa shape index (κ2) is 12.1. The summed E-state index contributed by atoms with van der Waals surface area (Å²) in [5, 5.41) is 15.9. The zero-order valence-electron chi connectivity index (χ0n) is 20.9. The van der Waals surface area contributed by atoms with E-state index in [4.69, 9.17) is 14.3 Å². The van der Waals surface area contributed by atoms with Crippen molar-refractivity contribution in [2.24, 2.45) is 5.92 Å². The van der Waals surface area contributed by atoms with Gasteiger partial charge in [-0.2, -0.15) is 0 Å². The van der Waals surface area contributed by atoms with Crippen LogP contribution >= 0.6 is 0 Å². The highest BCUT2D eigenvalue weighted by Crippen LogP contribution is 2.27. The number of carboxylic acid groups (broad SMARTS) is 1. The summed E-state index contributed by atoms with van der Waals surface area (Å²) in [7, 11) is 0. The molecule has 4 rings (SSSR count). The predicted octanol–water partition coefficient (Wildman–Crippen LogP) is 5.60. The summed E-state index contributed by atoms with van der Waals surface area (Å²) in [5.41, 5.74) is 2.92. The minimum absolute atomic E-state index is 0.0373. The van der Waals surface area contributed by atoms with Gasteiger partial charge >= 0.3 is 5.97 Å². The zero-order chi connectivity index (χ0) is 26.2. The van der Waals surface area contributed by atoms with Crippen LogP contribution in [0.25, 0.3) is 22.4 Å². The molecule has 0 saturated heterocycles. The maximum Gasteiger partial charge on any atom is 0.305 e. The quantitative estimate of drug-likeness (QED) is 0.231. The molecular weight excluding hydrogens is 470 g/mol. The van der Waals surface area contributed by atoms with Gasteiger partial charge in [-0.1, -0.05) is 38.5 Å². The Hall–Kier alpha value is -4.33. The standard InChI is InChI=1S/C29H31N3O5/c1-3-19(2)25(32-22-10-8-20(9-11-22)29(35)30-15-14-28(33)34)18-36-23-12-13-24(31-17-23)27-16-21-6-4-5-7-26(21)37-27/h4-13,16-17,19,25,32H,3,14-15,18H2,1-2H3,(H,30,35)(H,33,34)/t19-,25+/m0/s1. The van der Waals surface area contributed by atoms with E-state index < -0.39 is 5.97 Å². The molecule has 0 radical (unpaired) electrons. The molecule has 0 unspecified atom stereocenters. The number of carbonyl (C=O) groups is 2. The van der Waals surface area contributed by atoms with Crippen molar-refractivity contribution < 1.29 is 23.8 Å². The van der Waals surface area contributed by atoms with Gasteiger partial charge in [-0.05, 0) is 54.4 Å². The third kappa shape index (κ3) is 6.88. The summed E-state index contributed by atoms with van der Waals surface area (Å²) in [6.45, 7) is 4.83. The van der Waals surface area contributed by atoms with Crippen LogP contribution in [0.2, 0.25) is 0 Å². The number of hydrogen-bond donors (Lipinski definition) is 3. The summed E-state index contributed by atoms with van der Waals surface area (Å²) < 4.78 is 12.0. The first-order valence-electron chi connectivity index (χ1n) is 12.4. The van der Waals surface area contributed by atoms with Gasteiger partial charge in [0.1, 0.15) is 23.6 Å². The summed E-state index contributed by atoms with van der Waals surface area (Å²) in [5.74, 6) is 0.473. The highest BCUT2D eigenvalue weighted by atomic mass is 16.5. The number of para-hydroxylation sites is 1. The van der Waals surface area contributed by atoms with E-state index in [2.05, 4.69) is 29.5 Å². The minimum atomic E-state index is -0.948. The number of amides is 1. The maximum atomic E-state index is 12.2. The summed E-state index contributed by atoms with van der Waals surface area (Å²) in [6.07, 6.45) is 2.56. The average Bonchev–Trinajstić information content (AvgIpc) is 3.35. The van der Waals surface area contributed by atoms with Crippen molar-refractivity contribution in [3.05, 3.63) is 78.5 Å². The molecule has 0 aliphatic carbocycles. The first-order chi connectivity index (χ1) is 17.9. The third-order valence-corrected chi connectivity index (χ3v) is 6.30. The first-order valence-corrected chi connectivity index (χ1v) is 12.4. The Morgan fingerprint density at radius 1 is 1.08 bits per heavy atom. The Labute approximate surface area is 215 Å². The van der Waals surface area contributed by atoms with Crippen LogP contribution in [0.1, 0.15) is 37.0 Å². The number of hydrogen-bond acceptors (Lipinski definition) is 6. The summed E-state index contributed by atoms with van der Waals surface area (Å²) >= 11 is 0. The van der Waals surface area contributed by atoms with Gasteiger partial charge in [0.05, 0.1) is 18.7 Å². The largest absolute Gasteiger partial charge is 0.490 e. The lowest BCUT2D eigenvalue weighted by molar-refractivity contribution is -0.136. The lowest BCUT2D eigenvalue weighted by Gasteiger charge is -2.25. The van der Waals surface area contributed by atoms with Crippen LogP contribution in [0.5, 0.6) is 5.75 Å². The summed E-state index contributed by atoms with van der Waals surface area (Å²) in [4.78, 5) is 27.3. The molecule has 8 nitrogen and oxygen atoms in total. The molecule has 2 aromatic heterocycles. The second-order valence-corrected chi connectivity index (χ2v) is 8.95. The highest BCUT2D eigenvalue weighted by molar-refractivity contribution is 5.94. The molecular formula is C29H31N3O5. The van der Waals surface area contributed by atoms with Crippen molar-refractivity contribution in [2.75, 3.05) is 18.5 Å². The van der Waals surface area contributed by atoms with E-state index >= 15 is 0 Å². The number of carbonyl (C=O) groups excluding carboxylic acids is 1. The number of nitrogens with zero attached hydrogens (tertiary/aromatic N) is 1. The molecule has 192 valence electrons. The molecule has 3 N–H and O–H groups in total. The molecule has 0 spiro atoms. The van der Waals surface area contributed by atoms with Crippen LogP contribution in [0.15, 0.2) is 77.3 Å². The fourth-order valence-electron chi connectivity index (χ4n) is 3.86. The van der Waals surface area contributed by atoms with Crippen molar-refractivity contribution in [3.63, 3.8) is 0 Å². The van der Waals surface area contributed by atoms with E-state index in [1.165, 1.54) is 0 Å². The summed E-state index contributed by atoms with van der Waals surface area (Å²) in [6, 6.07) is 20.8. The van der Waals surface area contributed by atoms with Crippen LogP contribution < -0.4 is 15.4 Å². The van der Waals surface area contributed by atoms with E-state index in [0.717, 1.165) is 28.8 Å². The molecule has 0 fully saturated rings. The molecule has 8 heteroatoms. The molecule has 1 amide bonds. The fraction of sp³-hybridized carbons (Fsp3) is 0.276. The Morgan fingerprint density at radius 2 is 1.86 bits per heavy atom. The van der Waals surface area contributed by atoms with Crippen LogP contribution in [-0.4, -0.2) is 41.2 Å². The number of anilines is 1. The number of aromatic nitrogens is 1. The van der Waals surface area contributed by atoms with Gasteiger partial charge < -0.3 is 24.9 Å². The number of carboxylic acids is 1. The van der Waals surface area contributed by atoms with E-state index in [-0.39, 0.29) is 24.9 Å². The molecule has 2 aromatic carbocycles. The molecule has 37 heavy (non-hydrogen) atoms. The van der Waals surface area contributed by atoms with Crippen LogP contribution in [-0.2, 0) is 4.79 Å². The van der Waals surface area contributed by atoms with Gasteiger partial charge in [-0.15, -0.1) is 0 Å². The molecule has 2 heterocycles. The average molecular weight is 502 g/mol. The number of rotatable bonds is 12. The van der Waals surface area contributed by atoms with Gasteiger partial charge in [0.15, 0.2) is 5.76 Å². The number of aliphatic carboxylic acids is 1. The zero-order valence-corrected chi connectivity index (χ0v) is 20.9. The van der Waals surface area contributed by atoms with Crippen LogP contribution in [0.4, 0.5) is 5.69 Å². The monoisotopic (exact) mass is 501 g/mol.